The van der Waals surface area contributed by atoms with Crippen molar-refractivity contribution in [1.82, 2.24) is 19.3 Å². The molecule has 0 radical (unpaired) electrons. The summed E-state index contributed by atoms with van der Waals surface area (Å²) in [6, 6.07) is 10.0. The van der Waals surface area contributed by atoms with Gasteiger partial charge >= 0.3 is 6.18 Å². The van der Waals surface area contributed by atoms with Crippen LogP contribution in [0.25, 0.3) is 16.8 Å². The molecule has 2 saturated heterocycles. The summed E-state index contributed by atoms with van der Waals surface area (Å²) in [5.41, 5.74) is 5.71. The number of nitrogens with two attached hydrogens (primary N) is 1. The number of aromatic nitrogens is 3. The van der Waals surface area contributed by atoms with Gasteiger partial charge in [-0.25, -0.2) is 18.7 Å². The molecule has 0 spiro atoms. The molecule has 3 atom stereocenters. The molecule has 4 aromatic rings. The first-order chi connectivity index (χ1) is 19.8. The van der Waals surface area contributed by atoms with Crippen LogP contribution in [0, 0.1) is 0 Å². The number of amides is 1. The molecule has 0 aliphatic carbocycles. The summed E-state index contributed by atoms with van der Waals surface area (Å²) in [5.74, 6) is -2.77. The molecule has 7 nitrogen and oxygen atoms in total. The van der Waals surface area contributed by atoms with E-state index < -0.39 is 35.7 Å². The minimum absolute atomic E-state index is 0.0849. The highest BCUT2D eigenvalue weighted by atomic mass is 19.4. The summed E-state index contributed by atoms with van der Waals surface area (Å²) < 4.78 is 70.7. The van der Waals surface area contributed by atoms with E-state index in [-0.39, 0.29) is 42.6 Å². The first kappa shape index (κ1) is 28.1. The Hall–Kier alpha value is -4.06. The Morgan fingerprint density at radius 1 is 1.05 bits per heavy atom. The van der Waals surface area contributed by atoms with Crippen LogP contribution < -0.4 is 5.73 Å². The van der Waals surface area contributed by atoms with Crippen molar-refractivity contribution in [3.05, 3.63) is 83.4 Å². The number of aliphatic hydroxyl groups is 1. The van der Waals surface area contributed by atoms with E-state index in [4.69, 9.17) is 10.7 Å². The van der Waals surface area contributed by atoms with Crippen molar-refractivity contribution in [2.45, 2.75) is 62.3 Å². The van der Waals surface area contributed by atoms with Crippen LogP contribution in [0.15, 0.2) is 60.9 Å². The molecule has 0 saturated carbocycles. The third-order valence-corrected chi connectivity index (χ3v) is 8.51. The fourth-order valence-corrected chi connectivity index (χ4v) is 6.17. The molecule has 1 amide bonds. The lowest BCUT2D eigenvalue weighted by atomic mass is 9.84. The number of nitrogen functional groups attached to an aromatic ring is 1. The van der Waals surface area contributed by atoms with Gasteiger partial charge in [-0.05, 0) is 43.0 Å². The number of anilines is 1. The summed E-state index contributed by atoms with van der Waals surface area (Å²) >= 11 is 0. The van der Waals surface area contributed by atoms with Crippen LogP contribution in [-0.2, 0) is 16.6 Å². The number of hydrogen-bond acceptors (Lipinski definition) is 5. The predicted molar refractivity (Wildman–Crippen MR) is 145 cm³/mol. The molecular weight excluding hydrogens is 557 g/mol. The van der Waals surface area contributed by atoms with Gasteiger partial charge in [-0.3, -0.25) is 9.20 Å². The quantitative estimate of drug-likeness (QED) is 0.297. The van der Waals surface area contributed by atoms with E-state index in [0.29, 0.717) is 34.6 Å². The summed E-state index contributed by atoms with van der Waals surface area (Å²) in [4.78, 5) is 22.9. The van der Waals surface area contributed by atoms with Crippen molar-refractivity contribution in [3.8, 4) is 11.3 Å². The van der Waals surface area contributed by atoms with Gasteiger partial charge in [0.05, 0.1) is 11.6 Å². The average molecular weight is 586 g/mol. The van der Waals surface area contributed by atoms with Crippen LogP contribution in [0.4, 0.5) is 27.8 Å². The fraction of sp³-hybridized carbons (Fsp3) is 0.367. The first-order valence-electron chi connectivity index (χ1n) is 13.6. The van der Waals surface area contributed by atoms with Gasteiger partial charge in [0, 0.05) is 43.3 Å². The van der Waals surface area contributed by atoms with Gasteiger partial charge < -0.3 is 15.7 Å². The minimum Gasteiger partial charge on any atom is -0.382 e. The van der Waals surface area contributed by atoms with Crippen molar-refractivity contribution in [3.63, 3.8) is 0 Å². The van der Waals surface area contributed by atoms with Crippen LogP contribution in [0.1, 0.15) is 61.0 Å². The van der Waals surface area contributed by atoms with Crippen molar-refractivity contribution in [2.24, 2.45) is 0 Å². The zero-order chi connectivity index (χ0) is 30.0. The van der Waals surface area contributed by atoms with Crippen molar-refractivity contribution < 1.29 is 31.9 Å². The van der Waals surface area contributed by atoms with Gasteiger partial charge in [0.25, 0.3) is 5.92 Å². The normalized spacial score (nSPS) is 22.2. The number of alkyl halides is 5. The number of nitrogens with zero attached hydrogens (tertiary/aromatic N) is 4. The van der Waals surface area contributed by atoms with Crippen LogP contribution in [0.5, 0.6) is 0 Å². The summed E-state index contributed by atoms with van der Waals surface area (Å²) in [5, 5.41) is 11.2. The van der Waals surface area contributed by atoms with Crippen molar-refractivity contribution >= 4 is 17.2 Å². The smallest absolute Gasteiger partial charge is 0.382 e. The summed E-state index contributed by atoms with van der Waals surface area (Å²) in [6.07, 6.45) is -1.44. The molecule has 3 N–H and O–H groups in total. The van der Waals surface area contributed by atoms with E-state index in [0.717, 1.165) is 12.1 Å². The first-order valence-corrected chi connectivity index (χ1v) is 13.6. The molecule has 2 aliphatic rings. The van der Waals surface area contributed by atoms with Gasteiger partial charge in [0.15, 0.2) is 0 Å². The topological polar surface area (TPSA) is 96.8 Å². The molecule has 2 aliphatic heterocycles. The number of fused-ring (bicyclic) bond motifs is 2. The monoisotopic (exact) mass is 585 g/mol. The molecule has 42 heavy (non-hydrogen) atoms. The lowest BCUT2D eigenvalue weighted by Gasteiger charge is -2.45. The molecule has 0 unspecified atom stereocenters. The third-order valence-electron chi connectivity index (χ3n) is 8.51. The Morgan fingerprint density at radius 3 is 2.48 bits per heavy atom. The van der Waals surface area contributed by atoms with Crippen LogP contribution in [0.3, 0.4) is 0 Å². The maximum Gasteiger partial charge on any atom is 0.416 e. The van der Waals surface area contributed by atoms with E-state index in [2.05, 4.69) is 4.98 Å². The number of carbonyl (C=O) groups excluding carboxylic acids is 1. The molecule has 2 aromatic carbocycles. The Labute approximate surface area is 237 Å². The number of hydrogen-bond donors (Lipinski definition) is 2. The van der Waals surface area contributed by atoms with E-state index in [9.17, 15) is 31.9 Å². The standard InChI is InChI=1S/C30H28F5N5O2/c1-28(42,20-3-2-4-21(15-20)30(33,34)35)19-8-5-17(6-9-19)24-25-26(36)37-13-14-39(25)27(38-24)18-7-10-22-29(31,32)12-11-23(41)40(22)16-18/h2-6,8-9,13-15,18,22,42H,7,10-12,16H2,1H3,(H2,36,37)/t18-,22-,28-/m1/s1. The SMILES string of the molecule is C[C@@](O)(c1ccc(-c2nc([C@@H]3CC[C@H]4N(C3)C(=O)CCC4(F)F)n3ccnc(N)c23)cc1)c1cccc(C(F)(F)F)c1. The number of imidazole rings is 1. The highest BCUT2D eigenvalue weighted by molar-refractivity contribution is 5.85. The van der Waals surface area contributed by atoms with Crippen LogP contribution in [0.2, 0.25) is 0 Å². The summed E-state index contributed by atoms with van der Waals surface area (Å²) in [7, 11) is 0. The Kier molecular flexibility index (Phi) is 6.52. The molecule has 2 aromatic heterocycles. The number of carbonyl (C=O) groups is 1. The maximum absolute atomic E-state index is 14.6. The zero-order valence-corrected chi connectivity index (χ0v) is 22.6. The number of piperidine rings is 2. The average Bonchev–Trinajstić information content (AvgIpc) is 3.36. The molecule has 0 bridgehead atoms. The van der Waals surface area contributed by atoms with E-state index in [1.165, 1.54) is 30.2 Å². The highest BCUT2D eigenvalue weighted by Gasteiger charge is 2.51. The van der Waals surface area contributed by atoms with Crippen LogP contribution in [-0.4, -0.2) is 48.8 Å². The third kappa shape index (κ3) is 4.67. The second kappa shape index (κ2) is 9.75. The lowest BCUT2D eigenvalue weighted by molar-refractivity contribution is -0.166. The van der Waals surface area contributed by atoms with E-state index in [1.807, 2.05) is 0 Å². The van der Waals surface area contributed by atoms with Crippen molar-refractivity contribution in [1.29, 1.82) is 0 Å². The molecule has 2 fully saturated rings. The van der Waals surface area contributed by atoms with Gasteiger partial charge in [-0.15, -0.1) is 0 Å². The van der Waals surface area contributed by atoms with Crippen molar-refractivity contribution in [2.75, 3.05) is 12.3 Å². The minimum atomic E-state index is -4.55. The largest absolute Gasteiger partial charge is 0.416 e. The van der Waals surface area contributed by atoms with Crippen LogP contribution >= 0.6 is 0 Å². The number of benzene rings is 2. The Bertz CT molecular complexity index is 1670. The number of halogens is 5. The fourth-order valence-electron chi connectivity index (χ4n) is 6.17. The van der Waals surface area contributed by atoms with Gasteiger partial charge in [0.1, 0.15) is 28.5 Å². The highest BCUT2D eigenvalue weighted by Crippen LogP contribution is 2.43. The Balaban J connectivity index is 1.35. The molecule has 220 valence electrons. The van der Waals surface area contributed by atoms with Gasteiger partial charge in [0.2, 0.25) is 5.91 Å². The molecule has 4 heterocycles. The van der Waals surface area contributed by atoms with E-state index in [1.54, 1.807) is 34.9 Å². The lowest BCUT2D eigenvalue weighted by Crippen LogP contribution is -2.58. The molecular formula is C30H28F5N5O2. The predicted octanol–water partition coefficient (Wildman–Crippen LogP) is 5.76. The summed E-state index contributed by atoms with van der Waals surface area (Å²) in [6.45, 7) is 1.53. The molecule has 12 heteroatoms. The second-order valence-electron chi connectivity index (χ2n) is 11.2. The van der Waals surface area contributed by atoms with Gasteiger partial charge in [-0.1, -0.05) is 36.4 Å². The van der Waals surface area contributed by atoms with E-state index >= 15 is 0 Å². The van der Waals surface area contributed by atoms with Gasteiger partial charge in [-0.2, -0.15) is 13.2 Å². The maximum atomic E-state index is 14.6. The zero-order valence-electron chi connectivity index (χ0n) is 22.6. The number of rotatable bonds is 4. The Morgan fingerprint density at radius 2 is 1.76 bits per heavy atom. The second-order valence-corrected chi connectivity index (χ2v) is 11.2. The molecule has 6 rings (SSSR count).